The number of carbonyl (C=O) groups excluding carboxylic acids is 1. The molecule has 0 fully saturated rings. The molecule has 0 bridgehead atoms. The van der Waals surface area contributed by atoms with Gasteiger partial charge < -0.3 is 0 Å². The molecule has 0 unspecified atom stereocenters. The normalized spacial score (nSPS) is 10.7. The average Bonchev–Trinajstić information content (AvgIpc) is 2.49. The van der Waals surface area contributed by atoms with E-state index in [0.717, 1.165) is 11.1 Å². The van der Waals surface area contributed by atoms with Crippen LogP contribution in [0.5, 0.6) is 0 Å². The SMILES string of the molecule is O=C(CCc1ccc(F)c(Cl)c1)CCc1ccc(F)c(Cl)c1. The molecule has 0 saturated carbocycles. The third kappa shape index (κ3) is 4.79. The highest BCUT2D eigenvalue weighted by atomic mass is 35.5. The maximum atomic E-state index is 13.0. The first-order chi connectivity index (χ1) is 10.5. The van der Waals surface area contributed by atoms with Crippen molar-refractivity contribution in [1.29, 1.82) is 0 Å². The molecule has 0 aromatic heterocycles. The second kappa shape index (κ2) is 7.70. The minimum atomic E-state index is -0.468. The summed E-state index contributed by atoms with van der Waals surface area (Å²) in [5, 5.41) is 0.122. The lowest BCUT2D eigenvalue weighted by Gasteiger charge is -2.04. The van der Waals surface area contributed by atoms with Crippen molar-refractivity contribution in [1.82, 2.24) is 0 Å². The Morgan fingerprint density at radius 1 is 0.818 bits per heavy atom. The van der Waals surface area contributed by atoms with Crippen LogP contribution in [-0.2, 0) is 17.6 Å². The van der Waals surface area contributed by atoms with Gasteiger partial charge in [-0.15, -0.1) is 0 Å². The Morgan fingerprint density at radius 2 is 1.23 bits per heavy atom. The lowest BCUT2D eigenvalue weighted by Crippen LogP contribution is -2.02. The van der Waals surface area contributed by atoms with Gasteiger partial charge in [-0.25, -0.2) is 8.78 Å². The van der Waals surface area contributed by atoms with E-state index in [9.17, 15) is 13.6 Å². The highest BCUT2D eigenvalue weighted by Gasteiger charge is 2.07. The van der Waals surface area contributed by atoms with E-state index in [2.05, 4.69) is 0 Å². The third-order valence-electron chi connectivity index (χ3n) is 3.35. The Morgan fingerprint density at radius 3 is 1.59 bits per heavy atom. The van der Waals surface area contributed by atoms with E-state index in [-0.39, 0.29) is 15.8 Å². The van der Waals surface area contributed by atoms with Crippen molar-refractivity contribution in [3.05, 3.63) is 69.2 Å². The lowest BCUT2D eigenvalue weighted by molar-refractivity contribution is -0.119. The Bertz CT molecular complexity index is 629. The van der Waals surface area contributed by atoms with Crippen LogP contribution < -0.4 is 0 Å². The molecule has 2 rings (SSSR count). The molecule has 2 aromatic rings. The van der Waals surface area contributed by atoms with Crippen LogP contribution >= 0.6 is 23.2 Å². The molecule has 0 aliphatic heterocycles. The van der Waals surface area contributed by atoms with Crippen LogP contribution in [0.2, 0.25) is 10.0 Å². The predicted octanol–water partition coefficient (Wildman–Crippen LogP) is 5.41. The van der Waals surface area contributed by atoms with Crippen molar-refractivity contribution in [2.24, 2.45) is 0 Å². The molecule has 0 heterocycles. The van der Waals surface area contributed by atoms with E-state index in [1.165, 1.54) is 24.3 Å². The second-order valence-corrected chi connectivity index (χ2v) is 5.85. The first-order valence-electron chi connectivity index (χ1n) is 6.85. The van der Waals surface area contributed by atoms with Gasteiger partial charge in [0.2, 0.25) is 0 Å². The number of hydrogen-bond acceptors (Lipinski definition) is 1. The Hall–Kier alpha value is -1.45. The quantitative estimate of drug-likeness (QED) is 0.686. The number of carbonyl (C=O) groups is 1. The lowest BCUT2D eigenvalue weighted by atomic mass is 10.0. The molecule has 0 aliphatic carbocycles. The molecular weight excluding hydrogens is 329 g/mol. The van der Waals surface area contributed by atoms with E-state index < -0.39 is 11.6 Å². The maximum absolute atomic E-state index is 13.0. The van der Waals surface area contributed by atoms with Crippen LogP contribution in [0.3, 0.4) is 0 Å². The monoisotopic (exact) mass is 342 g/mol. The second-order valence-electron chi connectivity index (χ2n) is 5.04. The molecule has 0 spiro atoms. The molecule has 0 amide bonds. The first-order valence-corrected chi connectivity index (χ1v) is 7.61. The standard InChI is InChI=1S/C17H14Cl2F2O/c18-14-9-11(3-7-16(14)20)1-5-13(22)6-2-12-4-8-17(21)15(19)10-12/h3-4,7-10H,1-2,5-6H2. The fourth-order valence-electron chi connectivity index (χ4n) is 2.08. The van der Waals surface area contributed by atoms with Crippen molar-refractivity contribution < 1.29 is 13.6 Å². The summed E-state index contributed by atoms with van der Waals surface area (Å²) < 4.78 is 26.1. The van der Waals surface area contributed by atoms with Crippen molar-refractivity contribution in [3.8, 4) is 0 Å². The van der Waals surface area contributed by atoms with Gasteiger partial charge in [-0.3, -0.25) is 4.79 Å². The summed E-state index contributed by atoms with van der Waals surface area (Å²) in [7, 11) is 0. The summed E-state index contributed by atoms with van der Waals surface area (Å²) in [6, 6.07) is 8.89. The van der Waals surface area contributed by atoms with E-state index in [0.29, 0.717) is 25.7 Å². The highest BCUT2D eigenvalue weighted by Crippen LogP contribution is 2.19. The number of hydrogen-bond donors (Lipinski definition) is 0. The highest BCUT2D eigenvalue weighted by molar-refractivity contribution is 6.31. The summed E-state index contributed by atoms with van der Waals surface area (Å²) >= 11 is 11.4. The fraction of sp³-hybridized carbons (Fsp3) is 0.235. The molecule has 0 radical (unpaired) electrons. The first kappa shape index (κ1) is 16.9. The zero-order valence-corrected chi connectivity index (χ0v) is 13.2. The number of benzene rings is 2. The van der Waals surface area contributed by atoms with Gasteiger partial charge >= 0.3 is 0 Å². The topological polar surface area (TPSA) is 17.1 Å². The summed E-state index contributed by atoms with van der Waals surface area (Å²) in [6.07, 6.45) is 1.75. The number of halogens is 4. The van der Waals surface area contributed by atoms with Crippen molar-refractivity contribution in [2.45, 2.75) is 25.7 Å². The molecule has 22 heavy (non-hydrogen) atoms. The summed E-state index contributed by atoms with van der Waals surface area (Å²) in [5.74, 6) is -0.851. The fourth-order valence-corrected chi connectivity index (χ4v) is 2.49. The molecule has 116 valence electrons. The third-order valence-corrected chi connectivity index (χ3v) is 3.93. The van der Waals surface area contributed by atoms with Crippen LogP contribution in [0.1, 0.15) is 24.0 Å². The van der Waals surface area contributed by atoms with Gasteiger partial charge in [0.15, 0.2) is 0 Å². The van der Waals surface area contributed by atoms with Gasteiger partial charge in [-0.05, 0) is 48.2 Å². The number of ketones is 1. The van der Waals surface area contributed by atoms with Gasteiger partial charge in [0, 0.05) is 12.8 Å². The van der Waals surface area contributed by atoms with Gasteiger partial charge in [0.25, 0.3) is 0 Å². The predicted molar refractivity (Wildman–Crippen MR) is 84.5 cm³/mol. The molecule has 0 saturated heterocycles. The van der Waals surface area contributed by atoms with Gasteiger partial charge in [0.05, 0.1) is 10.0 Å². The molecule has 0 N–H and O–H groups in total. The Kier molecular flexibility index (Phi) is 5.92. The number of aryl methyl sites for hydroxylation is 2. The van der Waals surface area contributed by atoms with E-state index >= 15 is 0 Å². The summed E-state index contributed by atoms with van der Waals surface area (Å²) in [4.78, 5) is 11.9. The minimum absolute atomic E-state index is 0.0610. The molecule has 0 atom stereocenters. The maximum Gasteiger partial charge on any atom is 0.141 e. The average molecular weight is 343 g/mol. The smallest absolute Gasteiger partial charge is 0.141 e. The molecular formula is C17H14Cl2F2O. The zero-order chi connectivity index (χ0) is 16.1. The molecule has 2 aromatic carbocycles. The van der Waals surface area contributed by atoms with E-state index in [1.807, 2.05) is 0 Å². The minimum Gasteiger partial charge on any atom is -0.300 e. The van der Waals surface area contributed by atoms with E-state index in [4.69, 9.17) is 23.2 Å². The molecule has 5 heteroatoms. The van der Waals surface area contributed by atoms with Crippen LogP contribution in [0, 0.1) is 11.6 Å². The molecule has 0 aliphatic rings. The zero-order valence-electron chi connectivity index (χ0n) is 11.7. The van der Waals surface area contributed by atoms with Crippen LogP contribution in [0.4, 0.5) is 8.78 Å². The largest absolute Gasteiger partial charge is 0.300 e. The molecule has 1 nitrogen and oxygen atoms in total. The van der Waals surface area contributed by atoms with Crippen molar-refractivity contribution in [2.75, 3.05) is 0 Å². The Balaban J connectivity index is 1.82. The van der Waals surface area contributed by atoms with Gasteiger partial charge in [0.1, 0.15) is 17.4 Å². The Labute approximate surface area is 137 Å². The van der Waals surface area contributed by atoms with Gasteiger partial charge in [-0.2, -0.15) is 0 Å². The number of Topliss-reactive ketones (excluding diaryl/α,β-unsaturated/α-hetero) is 1. The van der Waals surface area contributed by atoms with Crippen LogP contribution in [-0.4, -0.2) is 5.78 Å². The van der Waals surface area contributed by atoms with Crippen molar-refractivity contribution >= 4 is 29.0 Å². The summed E-state index contributed by atoms with van der Waals surface area (Å²) in [5.41, 5.74) is 1.65. The van der Waals surface area contributed by atoms with Crippen LogP contribution in [0.15, 0.2) is 36.4 Å². The van der Waals surface area contributed by atoms with E-state index in [1.54, 1.807) is 12.1 Å². The number of rotatable bonds is 6. The van der Waals surface area contributed by atoms with Crippen molar-refractivity contribution in [3.63, 3.8) is 0 Å². The summed E-state index contributed by atoms with van der Waals surface area (Å²) in [6.45, 7) is 0. The van der Waals surface area contributed by atoms with Gasteiger partial charge in [-0.1, -0.05) is 35.3 Å². The van der Waals surface area contributed by atoms with Crippen LogP contribution in [0.25, 0.3) is 0 Å².